The van der Waals surface area contributed by atoms with Gasteiger partial charge in [-0.3, -0.25) is 4.79 Å². The Morgan fingerprint density at radius 2 is 1.26 bits per heavy atom. The van der Waals surface area contributed by atoms with E-state index in [1.54, 1.807) is 55.6 Å². The minimum atomic E-state index is -3.61. The molecule has 0 saturated carbocycles. The molecule has 0 bridgehead atoms. The van der Waals surface area contributed by atoms with Crippen LogP contribution in [0, 0.1) is 6.92 Å². The van der Waals surface area contributed by atoms with Gasteiger partial charge in [0.2, 0.25) is 10.0 Å². The minimum absolute atomic E-state index is 0.189. The molecule has 7 heteroatoms. The van der Waals surface area contributed by atoms with E-state index in [-0.39, 0.29) is 17.3 Å². The van der Waals surface area contributed by atoms with Gasteiger partial charge in [-0.05, 0) is 47.9 Å². The summed E-state index contributed by atoms with van der Waals surface area (Å²) in [6, 6.07) is 33.7. The topological polar surface area (TPSA) is 78.8 Å². The molecule has 38 heavy (non-hydrogen) atoms. The van der Waals surface area contributed by atoms with Gasteiger partial charge in [-0.15, -0.1) is 0 Å². The maximum absolute atomic E-state index is 12.9. The molecule has 4 rings (SSSR count). The number of hydrogen-bond acceptors (Lipinski definition) is 4. The van der Waals surface area contributed by atoms with Crippen molar-refractivity contribution >= 4 is 21.6 Å². The van der Waals surface area contributed by atoms with Gasteiger partial charge >= 0.3 is 0 Å². The van der Waals surface area contributed by atoms with Crippen LogP contribution < -0.4 is 5.43 Å². The van der Waals surface area contributed by atoms with Gasteiger partial charge in [0.1, 0.15) is 0 Å². The van der Waals surface area contributed by atoms with Crippen LogP contribution in [-0.2, 0) is 29.4 Å². The second kappa shape index (κ2) is 12.4. The lowest BCUT2D eigenvalue weighted by molar-refractivity contribution is 0.0954. The van der Waals surface area contributed by atoms with E-state index in [1.165, 1.54) is 4.31 Å². The summed E-state index contributed by atoms with van der Waals surface area (Å²) in [4.78, 5) is 13.1. The summed E-state index contributed by atoms with van der Waals surface area (Å²) < 4.78 is 27.1. The highest BCUT2D eigenvalue weighted by atomic mass is 32.2. The number of aryl methyl sites for hydroxylation is 1. The summed E-state index contributed by atoms with van der Waals surface area (Å²) in [5, 5.41) is 4.46. The molecule has 0 spiro atoms. The molecular formula is C31H31N3O3S. The van der Waals surface area contributed by atoms with Gasteiger partial charge in [-0.1, -0.05) is 90.5 Å². The van der Waals surface area contributed by atoms with Crippen LogP contribution in [0.3, 0.4) is 0 Å². The maximum atomic E-state index is 12.9. The lowest BCUT2D eigenvalue weighted by Gasteiger charge is -2.17. The minimum Gasteiger partial charge on any atom is -0.267 e. The van der Waals surface area contributed by atoms with Gasteiger partial charge in [0.15, 0.2) is 0 Å². The number of carbonyl (C=O) groups excluding carboxylic acids is 1. The van der Waals surface area contributed by atoms with Crippen molar-refractivity contribution < 1.29 is 13.2 Å². The summed E-state index contributed by atoms with van der Waals surface area (Å²) in [6.07, 6.45) is 1.24. The van der Waals surface area contributed by atoms with Crippen LogP contribution in [0.5, 0.6) is 0 Å². The zero-order valence-corrected chi connectivity index (χ0v) is 22.4. The van der Waals surface area contributed by atoms with Crippen molar-refractivity contribution in [2.45, 2.75) is 31.2 Å². The lowest BCUT2D eigenvalue weighted by atomic mass is 10.0. The number of hydrogen-bond donors (Lipinski definition) is 1. The summed E-state index contributed by atoms with van der Waals surface area (Å²) in [5.41, 5.74) is 7.99. The third-order valence-electron chi connectivity index (χ3n) is 6.17. The van der Waals surface area contributed by atoms with Gasteiger partial charge in [-0.25, -0.2) is 13.8 Å². The largest absolute Gasteiger partial charge is 0.271 e. The highest BCUT2D eigenvalue weighted by Crippen LogP contribution is 2.18. The van der Waals surface area contributed by atoms with E-state index in [9.17, 15) is 13.2 Å². The van der Waals surface area contributed by atoms with E-state index in [4.69, 9.17) is 0 Å². The molecule has 0 aromatic heterocycles. The molecule has 0 saturated heterocycles. The van der Waals surface area contributed by atoms with Crippen LogP contribution in [0.1, 0.15) is 32.6 Å². The van der Waals surface area contributed by atoms with Crippen molar-refractivity contribution in [3.05, 3.63) is 137 Å². The number of sulfonamides is 1. The van der Waals surface area contributed by atoms with Crippen molar-refractivity contribution in [3.8, 4) is 0 Å². The lowest BCUT2D eigenvalue weighted by Crippen LogP contribution is -2.26. The normalized spacial score (nSPS) is 11.2. The van der Waals surface area contributed by atoms with E-state index in [2.05, 4.69) is 10.5 Å². The molecule has 4 aromatic rings. The predicted octanol–water partition coefficient (Wildman–Crippen LogP) is 5.39. The Hall–Kier alpha value is -4.07. The Kier molecular flexibility index (Phi) is 8.84. The fourth-order valence-corrected chi connectivity index (χ4v) is 5.15. The molecule has 0 atom stereocenters. The molecular weight excluding hydrogens is 494 g/mol. The third-order valence-corrected chi connectivity index (χ3v) is 7.99. The van der Waals surface area contributed by atoms with E-state index in [0.29, 0.717) is 18.4 Å². The van der Waals surface area contributed by atoms with Crippen LogP contribution in [-0.4, -0.2) is 31.4 Å². The Morgan fingerprint density at radius 3 is 1.79 bits per heavy atom. The average molecular weight is 526 g/mol. The first kappa shape index (κ1) is 27.0. The molecule has 0 heterocycles. The fraction of sp³-hybridized carbons (Fsp3) is 0.161. The van der Waals surface area contributed by atoms with Crippen LogP contribution >= 0.6 is 0 Å². The monoisotopic (exact) mass is 525 g/mol. The summed E-state index contributed by atoms with van der Waals surface area (Å²) in [5.74, 6) is -0.323. The first-order valence-electron chi connectivity index (χ1n) is 12.4. The van der Waals surface area contributed by atoms with Crippen molar-refractivity contribution in [1.82, 2.24) is 9.73 Å². The van der Waals surface area contributed by atoms with Gasteiger partial charge in [0.25, 0.3) is 5.91 Å². The van der Waals surface area contributed by atoms with Crippen LogP contribution in [0.2, 0.25) is 0 Å². The van der Waals surface area contributed by atoms with Gasteiger partial charge < -0.3 is 0 Å². The second-order valence-corrected chi connectivity index (χ2v) is 11.3. The average Bonchev–Trinajstić information content (AvgIpc) is 2.93. The number of nitrogens with one attached hydrogen (secondary N) is 1. The molecule has 0 aliphatic carbocycles. The van der Waals surface area contributed by atoms with Crippen molar-refractivity contribution in [2.24, 2.45) is 5.10 Å². The molecule has 0 unspecified atom stereocenters. The zero-order chi connectivity index (χ0) is 27.0. The zero-order valence-electron chi connectivity index (χ0n) is 21.5. The number of carbonyl (C=O) groups is 1. The maximum Gasteiger partial charge on any atom is 0.271 e. The Bertz CT molecular complexity index is 1440. The molecule has 1 amide bonds. The Labute approximate surface area is 224 Å². The molecule has 0 aliphatic rings. The van der Waals surface area contributed by atoms with E-state index >= 15 is 0 Å². The quantitative estimate of drug-likeness (QED) is 0.223. The molecule has 6 nitrogen and oxygen atoms in total. The number of rotatable bonds is 10. The predicted molar refractivity (Wildman–Crippen MR) is 151 cm³/mol. The van der Waals surface area contributed by atoms with Gasteiger partial charge in [-0.2, -0.15) is 9.41 Å². The first-order valence-corrected chi connectivity index (χ1v) is 13.8. The number of hydrazone groups is 1. The summed E-state index contributed by atoms with van der Waals surface area (Å²) in [6.45, 7) is 2.10. The van der Waals surface area contributed by atoms with Crippen molar-refractivity contribution in [3.63, 3.8) is 0 Å². The van der Waals surface area contributed by atoms with E-state index < -0.39 is 10.0 Å². The highest BCUT2D eigenvalue weighted by Gasteiger charge is 2.20. The number of amides is 1. The fourth-order valence-electron chi connectivity index (χ4n) is 3.99. The first-order chi connectivity index (χ1) is 18.3. The van der Waals surface area contributed by atoms with Gasteiger partial charge in [0, 0.05) is 37.7 Å². The van der Waals surface area contributed by atoms with Gasteiger partial charge in [0.05, 0.1) is 4.90 Å². The van der Waals surface area contributed by atoms with Crippen LogP contribution in [0.15, 0.2) is 119 Å². The van der Waals surface area contributed by atoms with Crippen molar-refractivity contribution in [2.75, 3.05) is 7.05 Å². The van der Waals surface area contributed by atoms with E-state index in [1.807, 2.05) is 67.6 Å². The Balaban J connectivity index is 1.42. The van der Waals surface area contributed by atoms with Crippen LogP contribution in [0.25, 0.3) is 0 Å². The molecule has 0 radical (unpaired) electrons. The molecule has 0 fully saturated rings. The highest BCUT2D eigenvalue weighted by molar-refractivity contribution is 7.89. The summed E-state index contributed by atoms with van der Waals surface area (Å²) >= 11 is 0. The SMILES string of the molecule is Cc1ccc(S(=O)(=O)N(C)Cc2ccc(C(=O)NN=C(Cc3ccccc3)Cc3ccccc3)cc2)cc1. The second-order valence-electron chi connectivity index (χ2n) is 9.21. The number of benzene rings is 4. The standard InChI is InChI=1S/C31H31N3O3S/c1-24-13-19-30(20-14-24)38(36,37)34(2)23-27-15-17-28(18-16-27)31(35)33-32-29(21-25-9-5-3-6-10-25)22-26-11-7-4-8-12-26/h3-20H,21-23H2,1-2H3,(H,33,35). The van der Waals surface area contributed by atoms with Crippen molar-refractivity contribution in [1.29, 1.82) is 0 Å². The third kappa shape index (κ3) is 7.25. The summed E-state index contributed by atoms with van der Waals surface area (Å²) in [7, 11) is -2.07. The smallest absolute Gasteiger partial charge is 0.267 e. The molecule has 1 N–H and O–H groups in total. The molecule has 4 aromatic carbocycles. The van der Waals surface area contributed by atoms with E-state index in [0.717, 1.165) is 28.0 Å². The number of nitrogens with zero attached hydrogens (tertiary/aromatic N) is 2. The Morgan fingerprint density at radius 1 is 0.737 bits per heavy atom. The van der Waals surface area contributed by atoms with Crippen LogP contribution in [0.4, 0.5) is 0 Å². The molecule has 194 valence electrons. The molecule has 0 aliphatic heterocycles.